The predicted octanol–water partition coefficient (Wildman–Crippen LogP) is 1.79. The van der Waals surface area contributed by atoms with E-state index >= 15 is 0 Å². The number of carbonyl (C=O) groups is 1. The fourth-order valence-corrected chi connectivity index (χ4v) is 2.76. The number of carbonyl (C=O) groups excluding carboxylic acids is 1. The highest BCUT2D eigenvalue weighted by molar-refractivity contribution is 6.34. The molecule has 1 saturated carbocycles. The van der Waals surface area contributed by atoms with E-state index in [4.69, 9.17) is 16.3 Å². The summed E-state index contributed by atoms with van der Waals surface area (Å²) in [5.41, 5.74) is 0. The van der Waals surface area contributed by atoms with Crippen LogP contribution in [0.4, 0.5) is 0 Å². The first kappa shape index (κ1) is 11.2. The topological polar surface area (TPSA) is 29.5 Å². The second-order valence-corrected chi connectivity index (χ2v) is 5.15. The number of halogens is 1. The van der Waals surface area contributed by atoms with Crippen molar-refractivity contribution in [2.24, 2.45) is 0 Å². The van der Waals surface area contributed by atoms with Gasteiger partial charge in [-0.3, -0.25) is 4.79 Å². The Bertz CT molecular complexity index is 233. The van der Waals surface area contributed by atoms with Gasteiger partial charge in [0.25, 0.3) is 0 Å². The lowest BCUT2D eigenvalue weighted by atomic mass is 9.87. The molecule has 0 aromatic heterocycles. The predicted molar refractivity (Wildman–Crippen MR) is 59.1 cm³/mol. The summed E-state index contributed by atoms with van der Waals surface area (Å²) >= 11 is 6.43. The number of alkyl halides is 1. The van der Waals surface area contributed by atoms with Crippen LogP contribution in [0.5, 0.6) is 0 Å². The summed E-state index contributed by atoms with van der Waals surface area (Å²) in [5.74, 6) is 0.132. The first-order valence-corrected chi connectivity index (χ1v) is 6.16. The molecule has 2 aliphatic rings. The molecule has 1 aliphatic heterocycles. The minimum atomic E-state index is -0.602. The third kappa shape index (κ3) is 2.45. The second kappa shape index (κ2) is 4.71. The molecule has 1 amide bonds. The Labute approximate surface area is 95.7 Å². The number of hydrogen-bond acceptors (Lipinski definition) is 2. The molecule has 0 N–H and O–H groups in total. The van der Waals surface area contributed by atoms with Crippen LogP contribution in [0, 0.1) is 0 Å². The summed E-state index contributed by atoms with van der Waals surface area (Å²) in [6.07, 6.45) is 5.06. The summed E-state index contributed by atoms with van der Waals surface area (Å²) in [6, 6.07) is 0. The van der Waals surface area contributed by atoms with Crippen LogP contribution in [0.1, 0.15) is 32.1 Å². The van der Waals surface area contributed by atoms with Crippen LogP contribution in [-0.2, 0) is 9.53 Å². The van der Waals surface area contributed by atoms with Gasteiger partial charge in [0.1, 0.15) is 4.87 Å². The molecule has 0 aromatic carbocycles. The smallest absolute Gasteiger partial charge is 0.243 e. The summed E-state index contributed by atoms with van der Waals surface area (Å²) in [6.45, 7) is 2.71. The van der Waals surface area contributed by atoms with Crippen molar-refractivity contribution in [3.8, 4) is 0 Å². The van der Waals surface area contributed by atoms with Gasteiger partial charge in [-0.1, -0.05) is 19.3 Å². The van der Waals surface area contributed by atoms with E-state index in [9.17, 15) is 4.79 Å². The fraction of sp³-hybridized carbons (Fsp3) is 0.909. The van der Waals surface area contributed by atoms with Crippen molar-refractivity contribution < 1.29 is 9.53 Å². The average Bonchev–Trinajstić information content (AvgIpc) is 2.30. The van der Waals surface area contributed by atoms with Gasteiger partial charge < -0.3 is 9.64 Å². The van der Waals surface area contributed by atoms with E-state index in [1.807, 2.05) is 4.90 Å². The van der Waals surface area contributed by atoms with Gasteiger partial charge in [0.05, 0.1) is 13.2 Å². The van der Waals surface area contributed by atoms with E-state index in [2.05, 4.69) is 0 Å². The van der Waals surface area contributed by atoms with Crippen LogP contribution in [0.15, 0.2) is 0 Å². The maximum absolute atomic E-state index is 12.2. The van der Waals surface area contributed by atoms with Crippen molar-refractivity contribution in [1.82, 2.24) is 4.90 Å². The summed E-state index contributed by atoms with van der Waals surface area (Å²) < 4.78 is 5.23. The van der Waals surface area contributed by atoms with Gasteiger partial charge in [-0.15, -0.1) is 11.6 Å². The maximum Gasteiger partial charge on any atom is 0.243 e. The fourth-order valence-electron chi connectivity index (χ4n) is 2.38. The molecule has 0 bridgehead atoms. The molecule has 15 heavy (non-hydrogen) atoms. The van der Waals surface area contributed by atoms with Gasteiger partial charge in [-0.2, -0.15) is 0 Å². The van der Waals surface area contributed by atoms with Crippen LogP contribution < -0.4 is 0 Å². The first-order chi connectivity index (χ1) is 7.22. The van der Waals surface area contributed by atoms with Crippen LogP contribution in [-0.4, -0.2) is 42.0 Å². The summed E-state index contributed by atoms with van der Waals surface area (Å²) in [5, 5.41) is 0. The van der Waals surface area contributed by atoms with Crippen molar-refractivity contribution >= 4 is 17.5 Å². The third-order valence-corrected chi connectivity index (χ3v) is 3.87. The quantitative estimate of drug-likeness (QED) is 0.644. The van der Waals surface area contributed by atoms with Gasteiger partial charge >= 0.3 is 0 Å². The van der Waals surface area contributed by atoms with Gasteiger partial charge in [0.2, 0.25) is 5.91 Å². The van der Waals surface area contributed by atoms with Gasteiger partial charge in [0, 0.05) is 13.1 Å². The lowest BCUT2D eigenvalue weighted by molar-refractivity contribution is -0.139. The molecule has 2 fully saturated rings. The van der Waals surface area contributed by atoms with Crippen molar-refractivity contribution in [3.63, 3.8) is 0 Å². The Morgan fingerprint density at radius 2 is 1.73 bits per heavy atom. The molecule has 2 rings (SSSR count). The molecule has 0 unspecified atom stereocenters. The van der Waals surface area contributed by atoms with Crippen molar-refractivity contribution in [1.29, 1.82) is 0 Å². The molecular formula is C11H18ClNO2. The highest BCUT2D eigenvalue weighted by atomic mass is 35.5. The lowest BCUT2D eigenvalue weighted by Crippen LogP contribution is -2.50. The molecule has 1 aliphatic carbocycles. The zero-order valence-corrected chi connectivity index (χ0v) is 9.76. The molecule has 1 saturated heterocycles. The SMILES string of the molecule is O=C(N1CCOCC1)C1(Cl)CCCCC1. The molecule has 86 valence electrons. The molecule has 0 spiro atoms. The minimum Gasteiger partial charge on any atom is -0.378 e. The highest BCUT2D eigenvalue weighted by Gasteiger charge is 2.40. The van der Waals surface area contributed by atoms with Crippen molar-refractivity contribution in [2.45, 2.75) is 37.0 Å². The number of hydrogen-bond donors (Lipinski definition) is 0. The Morgan fingerprint density at radius 1 is 1.13 bits per heavy atom. The van der Waals surface area contributed by atoms with E-state index in [0.717, 1.165) is 25.7 Å². The number of nitrogens with zero attached hydrogens (tertiary/aromatic N) is 1. The van der Waals surface area contributed by atoms with Gasteiger partial charge in [0.15, 0.2) is 0 Å². The van der Waals surface area contributed by atoms with E-state index in [1.54, 1.807) is 0 Å². The molecule has 1 heterocycles. The standard InChI is InChI=1S/C11H18ClNO2/c12-11(4-2-1-3-5-11)10(14)13-6-8-15-9-7-13/h1-9H2. The maximum atomic E-state index is 12.2. The van der Waals surface area contributed by atoms with Gasteiger partial charge in [-0.25, -0.2) is 0 Å². The Morgan fingerprint density at radius 3 is 2.33 bits per heavy atom. The number of rotatable bonds is 1. The third-order valence-electron chi connectivity index (χ3n) is 3.33. The molecular weight excluding hydrogens is 214 g/mol. The molecule has 0 radical (unpaired) electrons. The largest absolute Gasteiger partial charge is 0.378 e. The normalized spacial score (nSPS) is 26.3. The number of morpholine rings is 1. The first-order valence-electron chi connectivity index (χ1n) is 5.78. The second-order valence-electron chi connectivity index (χ2n) is 4.43. The Balaban J connectivity index is 1.98. The van der Waals surface area contributed by atoms with Crippen molar-refractivity contribution in [2.75, 3.05) is 26.3 Å². The zero-order valence-electron chi connectivity index (χ0n) is 9.01. The Kier molecular flexibility index (Phi) is 3.52. The highest BCUT2D eigenvalue weighted by Crippen LogP contribution is 2.35. The van der Waals surface area contributed by atoms with Crippen LogP contribution in [0.25, 0.3) is 0 Å². The number of amides is 1. The zero-order chi connectivity index (χ0) is 10.7. The van der Waals surface area contributed by atoms with E-state index in [0.29, 0.717) is 26.3 Å². The lowest BCUT2D eigenvalue weighted by Gasteiger charge is -2.36. The van der Waals surface area contributed by atoms with Crippen molar-refractivity contribution in [3.05, 3.63) is 0 Å². The van der Waals surface area contributed by atoms with E-state index in [-0.39, 0.29) is 5.91 Å². The van der Waals surface area contributed by atoms with E-state index in [1.165, 1.54) is 6.42 Å². The van der Waals surface area contributed by atoms with Crippen LogP contribution in [0.3, 0.4) is 0 Å². The van der Waals surface area contributed by atoms with Crippen LogP contribution in [0.2, 0.25) is 0 Å². The average molecular weight is 232 g/mol. The van der Waals surface area contributed by atoms with E-state index < -0.39 is 4.87 Å². The molecule has 4 heteroatoms. The molecule has 3 nitrogen and oxygen atoms in total. The number of ether oxygens (including phenoxy) is 1. The van der Waals surface area contributed by atoms with Crippen LogP contribution >= 0.6 is 11.6 Å². The van der Waals surface area contributed by atoms with Gasteiger partial charge in [-0.05, 0) is 12.8 Å². The monoisotopic (exact) mass is 231 g/mol. The molecule has 0 aromatic rings. The summed E-state index contributed by atoms with van der Waals surface area (Å²) in [4.78, 5) is 13.5. The molecule has 0 atom stereocenters. The summed E-state index contributed by atoms with van der Waals surface area (Å²) in [7, 11) is 0. The minimum absolute atomic E-state index is 0.132. The Hall–Kier alpha value is -0.280.